The molecule has 1 aliphatic carbocycles. The first kappa shape index (κ1) is 11.4. The summed E-state index contributed by atoms with van der Waals surface area (Å²) in [4.78, 5) is 2.22. The van der Waals surface area contributed by atoms with Crippen molar-refractivity contribution in [2.75, 3.05) is 19.7 Å². The summed E-state index contributed by atoms with van der Waals surface area (Å²) in [7, 11) is 0. The molecule has 0 aromatic heterocycles. The lowest BCUT2D eigenvalue weighted by Gasteiger charge is -2.21. The number of benzene rings is 1. The monoisotopic (exact) mass is 221 g/mol. The van der Waals surface area contributed by atoms with E-state index in [1.807, 2.05) is 18.2 Å². The normalized spacial score (nSPS) is 15.6. The Morgan fingerprint density at radius 3 is 2.62 bits per heavy atom. The van der Waals surface area contributed by atoms with E-state index in [2.05, 4.69) is 4.90 Å². The van der Waals surface area contributed by atoms with E-state index < -0.39 is 0 Å². The molecule has 16 heavy (non-hydrogen) atoms. The van der Waals surface area contributed by atoms with Crippen molar-refractivity contribution in [3.8, 4) is 5.75 Å². The Morgan fingerprint density at radius 2 is 2.00 bits per heavy atom. The van der Waals surface area contributed by atoms with Crippen LogP contribution in [0.15, 0.2) is 24.3 Å². The molecule has 88 valence electrons. The van der Waals surface area contributed by atoms with Crippen LogP contribution in [0.4, 0.5) is 0 Å². The average Bonchev–Trinajstić information content (AvgIpc) is 3.06. The third-order valence-electron chi connectivity index (χ3n) is 3.02. The quantitative estimate of drug-likeness (QED) is 0.766. The number of hydrogen-bond acceptors (Lipinski definition) is 3. The molecule has 1 aromatic rings. The lowest BCUT2D eigenvalue weighted by Crippen LogP contribution is -2.28. The molecule has 0 aliphatic heterocycles. The first-order valence-corrected chi connectivity index (χ1v) is 5.89. The number of aliphatic hydroxyl groups is 1. The van der Waals surface area contributed by atoms with E-state index in [0.29, 0.717) is 12.3 Å². The Hall–Kier alpha value is -1.06. The minimum absolute atomic E-state index is 0.181. The van der Waals surface area contributed by atoms with Crippen molar-refractivity contribution in [2.24, 2.45) is 5.92 Å². The molecule has 2 N–H and O–H groups in total. The summed E-state index contributed by atoms with van der Waals surface area (Å²) in [6, 6.07) is 7.41. The van der Waals surface area contributed by atoms with E-state index >= 15 is 0 Å². The fraction of sp³-hybridized carbons (Fsp3) is 0.538. The number of hydrogen-bond donors (Lipinski definition) is 2. The van der Waals surface area contributed by atoms with Gasteiger partial charge in [0.25, 0.3) is 0 Å². The zero-order chi connectivity index (χ0) is 11.4. The molecular weight excluding hydrogens is 202 g/mol. The Bertz CT molecular complexity index is 336. The van der Waals surface area contributed by atoms with E-state index in [-0.39, 0.29) is 6.61 Å². The first-order chi connectivity index (χ1) is 7.79. The van der Waals surface area contributed by atoms with Crippen molar-refractivity contribution >= 4 is 0 Å². The largest absolute Gasteiger partial charge is 0.508 e. The topological polar surface area (TPSA) is 43.7 Å². The van der Waals surface area contributed by atoms with Gasteiger partial charge in [0.1, 0.15) is 5.75 Å². The number of aliphatic hydroxyl groups excluding tert-OH is 1. The Kier molecular flexibility index (Phi) is 3.80. The van der Waals surface area contributed by atoms with Crippen molar-refractivity contribution in [1.82, 2.24) is 4.90 Å². The second kappa shape index (κ2) is 5.32. The lowest BCUT2D eigenvalue weighted by molar-refractivity contribution is 0.183. The molecule has 3 heteroatoms. The molecule has 0 atom stereocenters. The van der Waals surface area contributed by atoms with Gasteiger partial charge in [-0.3, -0.25) is 4.90 Å². The maximum atomic E-state index is 9.69. The third-order valence-corrected chi connectivity index (χ3v) is 3.02. The maximum Gasteiger partial charge on any atom is 0.120 e. The fourth-order valence-electron chi connectivity index (χ4n) is 1.93. The van der Waals surface area contributed by atoms with Crippen LogP contribution in [0, 0.1) is 5.92 Å². The van der Waals surface area contributed by atoms with Gasteiger partial charge in [0.15, 0.2) is 0 Å². The molecule has 0 amide bonds. The highest BCUT2D eigenvalue weighted by atomic mass is 16.3. The first-order valence-electron chi connectivity index (χ1n) is 5.89. The molecular formula is C13H19NO2. The van der Waals surface area contributed by atoms with Crippen LogP contribution in [0.1, 0.15) is 18.4 Å². The predicted octanol–water partition coefficient (Wildman–Crippen LogP) is 1.60. The van der Waals surface area contributed by atoms with Gasteiger partial charge in [-0.15, -0.1) is 0 Å². The molecule has 1 aliphatic rings. The van der Waals surface area contributed by atoms with Crippen LogP contribution in [0.2, 0.25) is 0 Å². The van der Waals surface area contributed by atoms with Gasteiger partial charge < -0.3 is 10.2 Å². The third kappa shape index (κ3) is 3.22. The van der Waals surface area contributed by atoms with Crippen LogP contribution in [-0.4, -0.2) is 34.8 Å². The Morgan fingerprint density at radius 1 is 1.25 bits per heavy atom. The molecule has 0 radical (unpaired) electrons. The van der Waals surface area contributed by atoms with Gasteiger partial charge in [-0.2, -0.15) is 0 Å². The van der Waals surface area contributed by atoms with E-state index in [9.17, 15) is 5.11 Å². The van der Waals surface area contributed by atoms with Crippen molar-refractivity contribution in [2.45, 2.75) is 19.4 Å². The van der Waals surface area contributed by atoms with E-state index in [1.165, 1.54) is 12.8 Å². The van der Waals surface area contributed by atoms with E-state index in [1.54, 1.807) is 6.07 Å². The molecule has 0 spiro atoms. The number of aromatic hydroxyl groups is 1. The number of para-hydroxylation sites is 1. The summed E-state index contributed by atoms with van der Waals surface area (Å²) in [5.41, 5.74) is 0.941. The minimum Gasteiger partial charge on any atom is -0.508 e. The summed E-state index contributed by atoms with van der Waals surface area (Å²) in [5, 5.41) is 18.7. The highest BCUT2D eigenvalue weighted by Crippen LogP contribution is 2.30. The van der Waals surface area contributed by atoms with Crippen LogP contribution in [0.5, 0.6) is 5.75 Å². The summed E-state index contributed by atoms with van der Waals surface area (Å²) in [6.45, 7) is 2.63. The van der Waals surface area contributed by atoms with Crippen LogP contribution < -0.4 is 0 Å². The van der Waals surface area contributed by atoms with E-state index in [4.69, 9.17) is 5.11 Å². The SMILES string of the molecule is OCCN(Cc1ccccc1O)CC1CC1. The van der Waals surface area contributed by atoms with Crippen molar-refractivity contribution in [3.63, 3.8) is 0 Å². The summed E-state index contributed by atoms with van der Waals surface area (Å²) in [6.07, 6.45) is 2.62. The van der Waals surface area contributed by atoms with Gasteiger partial charge >= 0.3 is 0 Å². The van der Waals surface area contributed by atoms with E-state index in [0.717, 1.165) is 24.6 Å². The molecule has 2 rings (SSSR count). The predicted molar refractivity (Wildman–Crippen MR) is 63.2 cm³/mol. The molecule has 1 fully saturated rings. The molecule has 0 saturated heterocycles. The molecule has 3 nitrogen and oxygen atoms in total. The zero-order valence-corrected chi connectivity index (χ0v) is 9.47. The van der Waals surface area contributed by atoms with Gasteiger partial charge in [0.2, 0.25) is 0 Å². The smallest absolute Gasteiger partial charge is 0.120 e. The minimum atomic E-state index is 0.181. The lowest BCUT2D eigenvalue weighted by atomic mass is 10.2. The van der Waals surface area contributed by atoms with Crippen LogP contribution >= 0.6 is 0 Å². The average molecular weight is 221 g/mol. The van der Waals surface area contributed by atoms with Gasteiger partial charge in [-0.1, -0.05) is 18.2 Å². The second-order valence-electron chi connectivity index (χ2n) is 4.53. The van der Waals surface area contributed by atoms with Gasteiger partial charge in [-0.25, -0.2) is 0 Å². The Balaban J connectivity index is 1.95. The number of phenols is 1. The van der Waals surface area contributed by atoms with Crippen LogP contribution in [-0.2, 0) is 6.54 Å². The molecule has 1 saturated carbocycles. The number of nitrogens with zero attached hydrogens (tertiary/aromatic N) is 1. The van der Waals surface area contributed by atoms with Gasteiger partial charge in [0.05, 0.1) is 6.61 Å². The fourth-order valence-corrected chi connectivity index (χ4v) is 1.93. The second-order valence-corrected chi connectivity index (χ2v) is 4.53. The zero-order valence-electron chi connectivity index (χ0n) is 9.47. The van der Waals surface area contributed by atoms with Crippen molar-refractivity contribution in [3.05, 3.63) is 29.8 Å². The van der Waals surface area contributed by atoms with Crippen LogP contribution in [0.3, 0.4) is 0 Å². The highest BCUT2D eigenvalue weighted by molar-refractivity contribution is 5.31. The standard InChI is InChI=1S/C13H19NO2/c15-8-7-14(9-11-5-6-11)10-12-3-1-2-4-13(12)16/h1-4,11,15-16H,5-10H2. The molecule has 0 unspecified atom stereocenters. The van der Waals surface area contributed by atoms with Crippen molar-refractivity contribution < 1.29 is 10.2 Å². The summed E-state index contributed by atoms with van der Waals surface area (Å²) < 4.78 is 0. The molecule has 1 aromatic carbocycles. The summed E-state index contributed by atoms with van der Waals surface area (Å²) >= 11 is 0. The summed E-state index contributed by atoms with van der Waals surface area (Å²) in [5.74, 6) is 1.15. The molecule has 0 heterocycles. The Labute approximate surface area is 96.3 Å². The maximum absolute atomic E-state index is 9.69. The van der Waals surface area contributed by atoms with Gasteiger partial charge in [0, 0.05) is 25.2 Å². The highest BCUT2D eigenvalue weighted by Gasteiger charge is 2.24. The van der Waals surface area contributed by atoms with Crippen LogP contribution in [0.25, 0.3) is 0 Å². The van der Waals surface area contributed by atoms with Gasteiger partial charge in [-0.05, 0) is 24.8 Å². The number of phenolic OH excluding ortho intramolecular Hbond substituents is 1. The van der Waals surface area contributed by atoms with Crippen molar-refractivity contribution in [1.29, 1.82) is 0 Å². The molecule has 0 bridgehead atoms. The number of rotatable bonds is 6.